The number of carboxylic acids is 2. The summed E-state index contributed by atoms with van der Waals surface area (Å²) >= 11 is 0. The standard InChI is InChI=1S/C19H25N5O.2C2HF3O2/c1-15-6-7-18(23-22-15)21-17-11-19(25-13-17)8-4-10-24(14-19)12-16-5-2-3-9-20-16;2*3-2(4,5)1(6)7/h2-3,5-7,9,17H,4,8,10-14H2,1H3,(H,21,23);2*(H,6,7). The number of carboxylic acid groups (broad SMARTS) is 2. The second-order valence-electron chi connectivity index (χ2n) is 8.84. The normalized spacial score (nSPS) is 21.3. The van der Waals surface area contributed by atoms with Crippen LogP contribution in [0.25, 0.3) is 0 Å². The summed E-state index contributed by atoms with van der Waals surface area (Å²) in [6.07, 6.45) is -4.99. The lowest BCUT2D eigenvalue weighted by atomic mass is 9.88. The van der Waals surface area contributed by atoms with E-state index in [2.05, 4.69) is 37.5 Å². The van der Waals surface area contributed by atoms with Crippen molar-refractivity contribution in [3.63, 3.8) is 0 Å². The van der Waals surface area contributed by atoms with E-state index in [1.165, 1.54) is 6.42 Å². The quantitative estimate of drug-likeness (QED) is 0.469. The maximum Gasteiger partial charge on any atom is 0.490 e. The van der Waals surface area contributed by atoms with Crippen LogP contribution in [0.2, 0.25) is 0 Å². The van der Waals surface area contributed by atoms with Crippen LogP contribution < -0.4 is 5.32 Å². The zero-order valence-electron chi connectivity index (χ0n) is 20.7. The van der Waals surface area contributed by atoms with Gasteiger partial charge in [-0.1, -0.05) is 6.07 Å². The summed E-state index contributed by atoms with van der Waals surface area (Å²) in [5.41, 5.74) is 2.02. The van der Waals surface area contributed by atoms with Crippen molar-refractivity contribution < 1.29 is 50.9 Å². The minimum Gasteiger partial charge on any atom is -0.475 e. The highest BCUT2D eigenvalue weighted by Gasteiger charge is 2.43. The number of pyridine rings is 1. The lowest BCUT2D eigenvalue weighted by Gasteiger charge is -2.39. The van der Waals surface area contributed by atoms with E-state index in [4.69, 9.17) is 24.5 Å². The number of alkyl halides is 6. The molecule has 4 rings (SSSR count). The molecule has 2 aliphatic rings. The van der Waals surface area contributed by atoms with Crippen LogP contribution in [-0.2, 0) is 20.9 Å². The average Bonchev–Trinajstić information content (AvgIpc) is 3.22. The van der Waals surface area contributed by atoms with E-state index in [1.807, 2.05) is 31.3 Å². The van der Waals surface area contributed by atoms with Crippen LogP contribution in [-0.4, -0.2) is 85.9 Å². The van der Waals surface area contributed by atoms with Crippen LogP contribution in [0.1, 0.15) is 30.7 Å². The Morgan fingerprint density at radius 1 is 1.08 bits per heavy atom. The van der Waals surface area contributed by atoms with Crippen molar-refractivity contribution in [3.05, 3.63) is 47.9 Å². The summed E-state index contributed by atoms with van der Waals surface area (Å²) in [6, 6.07) is 10.4. The summed E-state index contributed by atoms with van der Waals surface area (Å²) in [6.45, 7) is 5.66. The Morgan fingerprint density at radius 3 is 2.23 bits per heavy atom. The molecule has 0 saturated carbocycles. The molecule has 39 heavy (non-hydrogen) atoms. The van der Waals surface area contributed by atoms with Gasteiger partial charge in [0.1, 0.15) is 5.82 Å². The Balaban J connectivity index is 0.000000317. The van der Waals surface area contributed by atoms with Gasteiger partial charge in [-0.3, -0.25) is 9.88 Å². The van der Waals surface area contributed by atoms with E-state index in [0.717, 1.165) is 56.3 Å². The third-order valence-electron chi connectivity index (χ3n) is 5.57. The number of piperidine rings is 1. The molecule has 2 aromatic rings. The van der Waals surface area contributed by atoms with Gasteiger partial charge in [-0.05, 0) is 50.6 Å². The van der Waals surface area contributed by atoms with Gasteiger partial charge in [0.25, 0.3) is 0 Å². The first-order chi connectivity index (χ1) is 18.1. The Hall–Kier alpha value is -3.53. The summed E-state index contributed by atoms with van der Waals surface area (Å²) in [5, 5.41) is 26.1. The van der Waals surface area contributed by atoms with E-state index >= 15 is 0 Å². The van der Waals surface area contributed by atoms with Crippen molar-refractivity contribution in [1.29, 1.82) is 0 Å². The van der Waals surface area contributed by atoms with Crippen molar-refractivity contribution in [1.82, 2.24) is 20.1 Å². The molecule has 2 atom stereocenters. The number of hydrogen-bond donors (Lipinski definition) is 3. The SMILES string of the molecule is Cc1ccc(NC2COC3(CCCN(Cc4ccccn4)C3)C2)nn1.O=C(O)C(F)(F)F.O=C(O)C(F)(F)F. The molecule has 2 aliphatic heterocycles. The number of anilines is 1. The zero-order chi connectivity index (χ0) is 29.3. The van der Waals surface area contributed by atoms with Crippen LogP contribution in [0.4, 0.5) is 32.2 Å². The van der Waals surface area contributed by atoms with Gasteiger partial charge in [-0.2, -0.15) is 31.4 Å². The van der Waals surface area contributed by atoms with Gasteiger partial charge in [-0.15, -0.1) is 5.10 Å². The fraction of sp³-hybridized carbons (Fsp3) is 0.522. The first-order valence-electron chi connectivity index (χ1n) is 11.5. The number of rotatable bonds is 4. The van der Waals surface area contributed by atoms with Crippen molar-refractivity contribution in [2.24, 2.45) is 0 Å². The molecule has 0 bridgehead atoms. The molecule has 16 heteroatoms. The van der Waals surface area contributed by atoms with Gasteiger partial charge in [0, 0.05) is 25.7 Å². The Bertz CT molecular complexity index is 1050. The molecule has 1 spiro atoms. The highest BCUT2D eigenvalue weighted by molar-refractivity contribution is 5.73. The summed E-state index contributed by atoms with van der Waals surface area (Å²) in [4.78, 5) is 24.7. The topological polar surface area (TPSA) is 138 Å². The van der Waals surface area contributed by atoms with E-state index in [0.29, 0.717) is 6.04 Å². The molecular formula is C23H27F6N5O5. The number of nitrogens with zero attached hydrogens (tertiary/aromatic N) is 4. The van der Waals surface area contributed by atoms with Crippen LogP contribution in [0.15, 0.2) is 36.5 Å². The molecule has 216 valence electrons. The third kappa shape index (κ3) is 11.0. The van der Waals surface area contributed by atoms with Gasteiger partial charge in [0.15, 0.2) is 0 Å². The lowest BCUT2D eigenvalue weighted by Crippen LogP contribution is -2.47. The van der Waals surface area contributed by atoms with E-state index in [-0.39, 0.29) is 5.60 Å². The molecule has 2 fully saturated rings. The second-order valence-corrected chi connectivity index (χ2v) is 8.84. The number of aromatic nitrogens is 3. The van der Waals surface area contributed by atoms with Crippen LogP contribution in [0, 0.1) is 6.92 Å². The highest BCUT2D eigenvalue weighted by atomic mass is 19.4. The fourth-order valence-electron chi connectivity index (χ4n) is 3.95. The molecule has 2 aromatic heterocycles. The van der Waals surface area contributed by atoms with E-state index < -0.39 is 24.3 Å². The van der Waals surface area contributed by atoms with Crippen molar-refractivity contribution in [2.75, 3.05) is 25.0 Å². The smallest absolute Gasteiger partial charge is 0.475 e. The van der Waals surface area contributed by atoms with Crippen molar-refractivity contribution >= 4 is 17.8 Å². The van der Waals surface area contributed by atoms with Gasteiger partial charge in [0.2, 0.25) is 0 Å². The predicted octanol–water partition coefficient (Wildman–Crippen LogP) is 3.68. The first-order valence-corrected chi connectivity index (χ1v) is 11.5. The Labute approximate surface area is 219 Å². The molecule has 0 aromatic carbocycles. The third-order valence-corrected chi connectivity index (χ3v) is 5.57. The van der Waals surface area contributed by atoms with E-state index in [1.54, 1.807) is 0 Å². The van der Waals surface area contributed by atoms with Gasteiger partial charge < -0.3 is 20.3 Å². The monoisotopic (exact) mass is 567 g/mol. The van der Waals surface area contributed by atoms with E-state index in [9.17, 15) is 26.3 Å². The maximum atomic E-state index is 10.6. The predicted molar refractivity (Wildman–Crippen MR) is 124 cm³/mol. The van der Waals surface area contributed by atoms with Crippen molar-refractivity contribution in [3.8, 4) is 0 Å². The number of likely N-dealkylation sites (tertiary alicyclic amines) is 1. The Kier molecular flexibility index (Phi) is 11.0. The summed E-state index contributed by atoms with van der Waals surface area (Å²) < 4.78 is 69.8. The zero-order valence-corrected chi connectivity index (χ0v) is 20.7. The van der Waals surface area contributed by atoms with Crippen LogP contribution >= 0.6 is 0 Å². The molecule has 0 aliphatic carbocycles. The average molecular weight is 567 g/mol. The number of aliphatic carboxylic acids is 2. The molecule has 2 saturated heterocycles. The number of nitrogens with one attached hydrogen (secondary N) is 1. The van der Waals surface area contributed by atoms with Crippen molar-refractivity contribution in [2.45, 2.75) is 56.7 Å². The second kappa shape index (κ2) is 13.5. The number of carbonyl (C=O) groups is 2. The van der Waals surface area contributed by atoms with Crippen LogP contribution in [0.3, 0.4) is 0 Å². The molecular weight excluding hydrogens is 540 g/mol. The highest BCUT2D eigenvalue weighted by Crippen LogP contribution is 2.36. The van der Waals surface area contributed by atoms with Gasteiger partial charge >= 0.3 is 24.3 Å². The minimum atomic E-state index is -5.08. The molecule has 2 unspecified atom stereocenters. The molecule has 0 amide bonds. The lowest BCUT2D eigenvalue weighted by molar-refractivity contribution is -0.193. The molecule has 0 radical (unpaired) electrons. The molecule has 10 nitrogen and oxygen atoms in total. The minimum absolute atomic E-state index is 0.0389. The summed E-state index contributed by atoms with van der Waals surface area (Å²) in [5.74, 6) is -4.68. The first kappa shape index (κ1) is 31.7. The Morgan fingerprint density at radius 2 is 1.72 bits per heavy atom. The molecule has 4 heterocycles. The number of hydrogen-bond acceptors (Lipinski definition) is 8. The van der Waals surface area contributed by atoms with Gasteiger partial charge in [0.05, 0.1) is 29.6 Å². The number of halogens is 6. The largest absolute Gasteiger partial charge is 0.490 e. The summed E-state index contributed by atoms with van der Waals surface area (Å²) in [7, 11) is 0. The number of aryl methyl sites for hydroxylation is 1. The molecule has 3 N–H and O–H groups in total. The van der Waals surface area contributed by atoms with Crippen LogP contribution in [0.5, 0.6) is 0 Å². The number of ether oxygens (including phenoxy) is 1. The maximum absolute atomic E-state index is 10.6. The van der Waals surface area contributed by atoms with Gasteiger partial charge in [-0.25, -0.2) is 9.59 Å². The fourth-order valence-corrected chi connectivity index (χ4v) is 3.95.